The Balaban J connectivity index is 1.47. The van der Waals surface area contributed by atoms with Crippen LogP contribution in [0.3, 0.4) is 0 Å². The lowest BCUT2D eigenvalue weighted by Gasteiger charge is -2.19. The normalized spacial score (nSPS) is 19.6. The number of Topliss-reactive ketones (excluding diaryl/α,β-unsaturated/α-hetero) is 1. The SMILES string of the molecule is CC(=O)N1C[C@H](C(=O)Cc2ccc(C)cc2C)[C@@H](c2nnc(-c3ccc(CC(C)C)cc3)n2C2CC2)C1. The molecule has 37 heavy (non-hydrogen) atoms. The van der Waals surface area contributed by atoms with E-state index in [0.717, 1.165) is 47.6 Å². The van der Waals surface area contributed by atoms with E-state index in [9.17, 15) is 9.59 Å². The number of hydrogen-bond donors (Lipinski definition) is 0. The fourth-order valence-corrected chi connectivity index (χ4v) is 5.72. The largest absolute Gasteiger partial charge is 0.341 e. The minimum Gasteiger partial charge on any atom is -0.341 e. The number of hydrogen-bond acceptors (Lipinski definition) is 4. The van der Waals surface area contributed by atoms with Gasteiger partial charge < -0.3 is 9.47 Å². The van der Waals surface area contributed by atoms with Crippen molar-refractivity contribution in [3.8, 4) is 11.4 Å². The molecule has 194 valence electrons. The van der Waals surface area contributed by atoms with Crippen molar-refractivity contribution in [2.24, 2.45) is 11.8 Å². The molecule has 1 saturated carbocycles. The number of ketones is 1. The first-order valence-electron chi connectivity index (χ1n) is 13.6. The van der Waals surface area contributed by atoms with Crippen molar-refractivity contribution in [3.05, 3.63) is 70.5 Å². The third kappa shape index (κ3) is 5.39. The van der Waals surface area contributed by atoms with E-state index in [0.29, 0.717) is 31.5 Å². The molecule has 0 unspecified atom stereocenters. The number of nitrogens with zero attached hydrogens (tertiary/aromatic N) is 4. The van der Waals surface area contributed by atoms with Gasteiger partial charge in [-0.15, -0.1) is 10.2 Å². The zero-order valence-corrected chi connectivity index (χ0v) is 22.7. The monoisotopic (exact) mass is 498 g/mol. The van der Waals surface area contributed by atoms with Crippen LogP contribution in [0.1, 0.15) is 73.7 Å². The number of carbonyl (C=O) groups excluding carboxylic acids is 2. The van der Waals surface area contributed by atoms with Crippen molar-refractivity contribution >= 4 is 11.7 Å². The van der Waals surface area contributed by atoms with Crippen molar-refractivity contribution in [1.29, 1.82) is 0 Å². The molecule has 0 spiro atoms. The third-order valence-corrected chi connectivity index (χ3v) is 7.86. The molecular weight excluding hydrogens is 460 g/mol. The highest BCUT2D eigenvalue weighted by Crippen LogP contribution is 2.43. The van der Waals surface area contributed by atoms with Crippen LogP contribution >= 0.6 is 0 Å². The van der Waals surface area contributed by atoms with Gasteiger partial charge in [0.15, 0.2) is 5.82 Å². The number of aryl methyl sites for hydroxylation is 2. The maximum Gasteiger partial charge on any atom is 0.219 e. The Labute approximate surface area is 220 Å². The molecule has 6 nitrogen and oxygen atoms in total. The molecule has 1 amide bonds. The van der Waals surface area contributed by atoms with Crippen LogP contribution in [0.4, 0.5) is 0 Å². The van der Waals surface area contributed by atoms with Crippen LogP contribution in [0.25, 0.3) is 11.4 Å². The number of rotatable bonds is 8. The molecule has 2 heterocycles. The maximum absolute atomic E-state index is 13.7. The molecule has 2 atom stereocenters. The van der Waals surface area contributed by atoms with E-state index >= 15 is 0 Å². The first-order valence-corrected chi connectivity index (χ1v) is 13.6. The predicted octanol–water partition coefficient (Wildman–Crippen LogP) is 5.47. The summed E-state index contributed by atoms with van der Waals surface area (Å²) >= 11 is 0. The molecule has 3 aromatic rings. The average molecular weight is 499 g/mol. The van der Waals surface area contributed by atoms with Crippen molar-refractivity contribution in [3.63, 3.8) is 0 Å². The second-order valence-corrected chi connectivity index (χ2v) is 11.5. The van der Waals surface area contributed by atoms with Gasteiger partial charge >= 0.3 is 0 Å². The summed E-state index contributed by atoms with van der Waals surface area (Å²) in [6.45, 7) is 11.1. The standard InChI is InChI=1S/C31H38N4O2/c1-19(2)14-23-7-10-24(11-8-23)30-32-33-31(35(30)26-12-13-26)28-18-34(22(5)36)17-27(28)29(37)16-25-9-6-20(3)15-21(25)4/h6-11,15,19,26-28H,12-14,16-18H2,1-5H3/t27-,28-/m0/s1. The highest BCUT2D eigenvalue weighted by molar-refractivity contribution is 5.86. The van der Waals surface area contributed by atoms with E-state index < -0.39 is 0 Å². The van der Waals surface area contributed by atoms with E-state index in [4.69, 9.17) is 5.10 Å². The van der Waals surface area contributed by atoms with Gasteiger partial charge in [-0.3, -0.25) is 9.59 Å². The molecule has 1 aromatic heterocycles. The van der Waals surface area contributed by atoms with Gasteiger partial charge in [-0.25, -0.2) is 0 Å². The topological polar surface area (TPSA) is 68.1 Å². The molecule has 2 fully saturated rings. The highest BCUT2D eigenvalue weighted by atomic mass is 16.2. The smallest absolute Gasteiger partial charge is 0.219 e. The van der Waals surface area contributed by atoms with Gasteiger partial charge in [-0.05, 0) is 55.7 Å². The van der Waals surface area contributed by atoms with E-state index in [-0.39, 0.29) is 23.5 Å². The Kier molecular flexibility index (Phi) is 7.02. The lowest BCUT2D eigenvalue weighted by Crippen LogP contribution is -2.28. The van der Waals surface area contributed by atoms with Crippen molar-refractivity contribution in [2.75, 3.05) is 13.1 Å². The van der Waals surface area contributed by atoms with Gasteiger partial charge in [-0.2, -0.15) is 0 Å². The van der Waals surface area contributed by atoms with Crippen LogP contribution in [0.2, 0.25) is 0 Å². The lowest BCUT2D eigenvalue weighted by molar-refractivity contribution is -0.128. The summed E-state index contributed by atoms with van der Waals surface area (Å²) in [5.74, 6) is 2.08. The van der Waals surface area contributed by atoms with E-state index in [1.54, 1.807) is 6.92 Å². The van der Waals surface area contributed by atoms with Gasteiger partial charge in [-0.1, -0.05) is 61.9 Å². The van der Waals surface area contributed by atoms with E-state index in [2.05, 4.69) is 79.8 Å². The average Bonchev–Trinajstić information content (AvgIpc) is 3.42. The summed E-state index contributed by atoms with van der Waals surface area (Å²) in [4.78, 5) is 27.9. The summed E-state index contributed by atoms with van der Waals surface area (Å²) in [6, 6.07) is 15.3. The minimum atomic E-state index is -0.285. The zero-order chi connectivity index (χ0) is 26.3. The maximum atomic E-state index is 13.7. The summed E-state index contributed by atoms with van der Waals surface area (Å²) in [7, 11) is 0. The van der Waals surface area contributed by atoms with Gasteiger partial charge in [0, 0.05) is 49.9 Å². The second kappa shape index (κ2) is 10.2. The van der Waals surface area contributed by atoms with Crippen LogP contribution in [0.15, 0.2) is 42.5 Å². The Morgan fingerprint density at radius 3 is 2.35 bits per heavy atom. The molecular formula is C31H38N4O2. The van der Waals surface area contributed by atoms with Gasteiger partial charge in [0.05, 0.1) is 0 Å². The molecule has 0 bridgehead atoms. The molecule has 2 aliphatic rings. The van der Waals surface area contributed by atoms with E-state index in [1.165, 1.54) is 11.1 Å². The van der Waals surface area contributed by atoms with E-state index in [1.807, 2.05) is 4.90 Å². The minimum absolute atomic E-state index is 0.00488. The van der Waals surface area contributed by atoms with Gasteiger partial charge in [0.1, 0.15) is 11.6 Å². The molecule has 1 saturated heterocycles. The van der Waals surface area contributed by atoms with Crippen molar-refractivity contribution in [1.82, 2.24) is 19.7 Å². The molecule has 1 aliphatic heterocycles. The van der Waals surface area contributed by atoms with Crippen LogP contribution < -0.4 is 0 Å². The van der Waals surface area contributed by atoms with Gasteiger partial charge in [0.2, 0.25) is 5.91 Å². The first-order chi connectivity index (χ1) is 17.7. The number of likely N-dealkylation sites (tertiary alicyclic amines) is 1. The van der Waals surface area contributed by atoms with Crippen molar-refractivity contribution < 1.29 is 9.59 Å². The Bertz CT molecular complexity index is 1300. The number of aromatic nitrogens is 3. The summed E-state index contributed by atoms with van der Waals surface area (Å²) < 4.78 is 2.27. The quantitative estimate of drug-likeness (QED) is 0.413. The number of carbonyl (C=O) groups is 2. The second-order valence-electron chi connectivity index (χ2n) is 11.5. The Morgan fingerprint density at radius 2 is 1.73 bits per heavy atom. The van der Waals surface area contributed by atoms with Crippen LogP contribution in [-0.2, 0) is 22.4 Å². The lowest BCUT2D eigenvalue weighted by atomic mass is 9.87. The van der Waals surface area contributed by atoms with Gasteiger partial charge in [0.25, 0.3) is 0 Å². The predicted molar refractivity (Wildman–Crippen MR) is 145 cm³/mol. The molecule has 5 rings (SSSR count). The molecule has 2 aromatic carbocycles. The molecule has 1 aliphatic carbocycles. The molecule has 0 N–H and O–H groups in total. The highest BCUT2D eigenvalue weighted by Gasteiger charge is 2.44. The molecule has 6 heteroatoms. The summed E-state index contributed by atoms with van der Waals surface area (Å²) in [6.07, 6.45) is 3.61. The zero-order valence-electron chi connectivity index (χ0n) is 22.7. The first kappa shape index (κ1) is 25.4. The Morgan fingerprint density at radius 1 is 1.00 bits per heavy atom. The number of amides is 1. The van der Waals surface area contributed by atoms with Crippen molar-refractivity contribution in [2.45, 2.75) is 72.3 Å². The Hall–Kier alpha value is -3.28. The molecule has 0 radical (unpaired) electrons. The van der Waals surface area contributed by atoms with Crippen LogP contribution in [-0.4, -0.2) is 44.4 Å². The number of benzene rings is 2. The summed E-state index contributed by atoms with van der Waals surface area (Å²) in [5, 5.41) is 9.34. The fourth-order valence-electron chi connectivity index (χ4n) is 5.72. The third-order valence-electron chi connectivity index (χ3n) is 7.86. The van der Waals surface area contributed by atoms with Crippen LogP contribution in [0, 0.1) is 25.7 Å². The fraction of sp³-hybridized carbons (Fsp3) is 0.484. The van der Waals surface area contributed by atoms with Crippen LogP contribution in [0.5, 0.6) is 0 Å². The summed E-state index contributed by atoms with van der Waals surface area (Å²) in [5.41, 5.74) is 5.76.